The standard InChI is InChI=1S/C22H26N2OS2/c1-7-10-23-20(25)19(27-21(23)26)12-16-8-9-18-17(11-16)15(4)13-22(5,6)24(18)14(2)3/h7-9,11-14H,1,10H2,2-6H3/b19-12-. The fourth-order valence-corrected chi connectivity index (χ4v) is 5.31. The van der Waals surface area contributed by atoms with Gasteiger partial charge in [0.15, 0.2) is 0 Å². The van der Waals surface area contributed by atoms with Gasteiger partial charge in [-0.15, -0.1) is 6.58 Å². The first-order chi connectivity index (χ1) is 12.7. The molecule has 142 valence electrons. The van der Waals surface area contributed by atoms with Gasteiger partial charge in [0.05, 0.1) is 10.4 Å². The Hall–Kier alpha value is -1.85. The highest BCUT2D eigenvalue weighted by atomic mass is 32.2. The summed E-state index contributed by atoms with van der Waals surface area (Å²) in [6.07, 6.45) is 5.96. The van der Waals surface area contributed by atoms with E-state index in [4.69, 9.17) is 12.2 Å². The van der Waals surface area contributed by atoms with Crippen LogP contribution >= 0.6 is 24.0 Å². The number of thiocarbonyl (C=S) groups is 1. The highest BCUT2D eigenvalue weighted by molar-refractivity contribution is 8.26. The molecule has 0 radical (unpaired) electrons. The van der Waals surface area contributed by atoms with E-state index >= 15 is 0 Å². The molecule has 0 aromatic heterocycles. The molecule has 1 amide bonds. The number of carbonyl (C=O) groups excluding carboxylic acids is 1. The van der Waals surface area contributed by atoms with E-state index in [0.717, 1.165) is 5.56 Å². The summed E-state index contributed by atoms with van der Waals surface area (Å²) in [5, 5.41) is 0. The molecule has 2 heterocycles. The Kier molecular flexibility index (Phi) is 5.37. The summed E-state index contributed by atoms with van der Waals surface area (Å²) in [5.41, 5.74) is 4.72. The fourth-order valence-electron chi connectivity index (χ4n) is 4.04. The van der Waals surface area contributed by atoms with E-state index in [1.54, 1.807) is 11.0 Å². The van der Waals surface area contributed by atoms with Gasteiger partial charge in [-0.25, -0.2) is 0 Å². The highest BCUT2D eigenvalue weighted by Gasteiger charge is 2.34. The summed E-state index contributed by atoms with van der Waals surface area (Å²) in [7, 11) is 0. The van der Waals surface area contributed by atoms with Gasteiger partial charge in [-0.1, -0.05) is 42.2 Å². The molecule has 3 nitrogen and oxygen atoms in total. The first-order valence-electron chi connectivity index (χ1n) is 9.15. The first kappa shape index (κ1) is 19.9. The predicted molar refractivity (Wildman–Crippen MR) is 122 cm³/mol. The molecule has 0 spiro atoms. The van der Waals surface area contributed by atoms with Crippen LogP contribution in [0.25, 0.3) is 11.6 Å². The molecule has 1 saturated heterocycles. The van der Waals surface area contributed by atoms with E-state index in [-0.39, 0.29) is 11.4 Å². The zero-order valence-electron chi connectivity index (χ0n) is 16.6. The summed E-state index contributed by atoms with van der Waals surface area (Å²) in [6, 6.07) is 6.82. The lowest BCUT2D eigenvalue weighted by atomic mass is 9.87. The van der Waals surface area contributed by atoms with Gasteiger partial charge in [0.1, 0.15) is 4.32 Å². The summed E-state index contributed by atoms with van der Waals surface area (Å²) in [5.74, 6) is -0.0418. The number of nitrogens with zero attached hydrogens (tertiary/aromatic N) is 2. The highest BCUT2D eigenvalue weighted by Crippen LogP contribution is 2.41. The van der Waals surface area contributed by atoms with Gasteiger partial charge in [-0.05, 0) is 64.0 Å². The van der Waals surface area contributed by atoms with E-state index in [2.05, 4.69) is 70.4 Å². The minimum absolute atomic E-state index is 0.0279. The molecule has 27 heavy (non-hydrogen) atoms. The Labute approximate surface area is 171 Å². The van der Waals surface area contributed by atoms with E-state index in [1.807, 2.05) is 6.08 Å². The number of rotatable bonds is 4. The van der Waals surface area contributed by atoms with Gasteiger partial charge in [-0.3, -0.25) is 9.69 Å². The third-order valence-electron chi connectivity index (χ3n) is 4.90. The van der Waals surface area contributed by atoms with Crippen molar-refractivity contribution in [3.05, 3.63) is 53.0 Å². The maximum atomic E-state index is 12.6. The van der Waals surface area contributed by atoms with Crippen molar-refractivity contribution in [2.75, 3.05) is 11.4 Å². The van der Waals surface area contributed by atoms with Gasteiger partial charge < -0.3 is 4.90 Å². The van der Waals surface area contributed by atoms with Crippen molar-refractivity contribution < 1.29 is 4.79 Å². The summed E-state index contributed by atoms with van der Waals surface area (Å²) in [4.78, 5) is 17.3. The Morgan fingerprint density at radius 1 is 1.33 bits per heavy atom. The Bertz CT molecular complexity index is 880. The normalized spacial score (nSPS) is 20.4. The van der Waals surface area contributed by atoms with Gasteiger partial charge in [0.2, 0.25) is 0 Å². The van der Waals surface area contributed by atoms with Crippen molar-refractivity contribution in [3.63, 3.8) is 0 Å². The summed E-state index contributed by atoms with van der Waals surface area (Å²) in [6.45, 7) is 15.2. The topological polar surface area (TPSA) is 23.6 Å². The largest absolute Gasteiger partial charge is 0.360 e. The van der Waals surface area contributed by atoms with Crippen LogP contribution in [-0.2, 0) is 4.79 Å². The smallest absolute Gasteiger partial charge is 0.266 e. The zero-order valence-corrected chi connectivity index (χ0v) is 18.2. The SMILES string of the molecule is C=CCN1C(=O)/C(=C/c2ccc3c(c2)C(C)=CC(C)(C)N3C(C)C)SC1=S. The van der Waals surface area contributed by atoms with Crippen LogP contribution in [0.2, 0.25) is 0 Å². The lowest BCUT2D eigenvalue weighted by molar-refractivity contribution is -0.121. The molecule has 0 aliphatic carbocycles. The fraction of sp³-hybridized carbons (Fsp3) is 0.364. The first-order valence-corrected chi connectivity index (χ1v) is 10.4. The molecule has 0 bridgehead atoms. The van der Waals surface area contributed by atoms with E-state index < -0.39 is 0 Å². The molecule has 5 heteroatoms. The van der Waals surface area contributed by atoms with Crippen molar-refractivity contribution in [2.45, 2.75) is 46.2 Å². The second kappa shape index (κ2) is 7.28. The van der Waals surface area contributed by atoms with Gasteiger partial charge in [0.25, 0.3) is 5.91 Å². The Morgan fingerprint density at radius 2 is 2.04 bits per heavy atom. The number of anilines is 1. The minimum Gasteiger partial charge on any atom is -0.360 e. The molecule has 1 fully saturated rings. The van der Waals surface area contributed by atoms with Crippen molar-refractivity contribution >= 4 is 51.5 Å². The molecule has 2 aliphatic rings. The molecular formula is C22H26N2OS2. The number of carbonyl (C=O) groups is 1. The Morgan fingerprint density at radius 3 is 2.67 bits per heavy atom. The lowest BCUT2D eigenvalue weighted by Crippen LogP contribution is -2.49. The predicted octanol–water partition coefficient (Wildman–Crippen LogP) is 5.48. The minimum atomic E-state index is -0.0418. The van der Waals surface area contributed by atoms with Crippen molar-refractivity contribution in [1.82, 2.24) is 4.90 Å². The van der Waals surface area contributed by atoms with E-state index in [0.29, 0.717) is 21.8 Å². The number of hydrogen-bond donors (Lipinski definition) is 0. The van der Waals surface area contributed by atoms with Crippen molar-refractivity contribution in [2.24, 2.45) is 0 Å². The van der Waals surface area contributed by atoms with Crippen LogP contribution in [0.4, 0.5) is 5.69 Å². The van der Waals surface area contributed by atoms with Crippen LogP contribution in [0.1, 0.15) is 45.7 Å². The average molecular weight is 399 g/mol. The third-order valence-corrected chi connectivity index (χ3v) is 6.27. The van der Waals surface area contributed by atoms with Crippen LogP contribution < -0.4 is 4.90 Å². The Balaban J connectivity index is 2.00. The van der Waals surface area contributed by atoms with Gasteiger partial charge in [0, 0.05) is 23.8 Å². The number of benzene rings is 1. The summed E-state index contributed by atoms with van der Waals surface area (Å²) < 4.78 is 0.591. The number of allylic oxidation sites excluding steroid dienone is 1. The average Bonchev–Trinajstić information content (AvgIpc) is 2.82. The maximum absolute atomic E-state index is 12.6. The second-order valence-corrected chi connectivity index (χ2v) is 9.48. The summed E-state index contributed by atoms with van der Waals surface area (Å²) >= 11 is 6.68. The molecule has 2 aliphatic heterocycles. The molecule has 0 N–H and O–H groups in total. The number of amides is 1. The molecular weight excluding hydrogens is 372 g/mol. The van der Waals surface area contributed by atoms with Crippen molar-refractivity contribution in [3.8, 4) is 0 Å². The molecule has 1 aromatic carbocycles. The van der Waals surface area contributed by atoms with Gasteiger partial charge in [-0.2, -0.15) is 0 Å². The van der Waals surface area contributed by atoms with Crippen LogP contribution in [0.5, 0.6) is 0 Å². The quantitative estimate of drug-likeness (QED) is 0.380. The number of fused-ring (bicyclic) bond motifs is 1. The third kappa shape index (κ3) is 3.63. The van der Waals surface area contributed by atoms with Crippen molar-refractivity contribution in [1.29, 1.82) is 0 Å². The van der Waals surface area contributed by atoms with E-state index in [9.17, 15) is 4.79 Å². The van der Waals surface area contributed by atoms with E-state index in [1.165, 1.54) is 28.6 Å². The molecule has 0 saturated carbocycles. The number of thioether (sulfide) groups is 1. The molecule has 3 rings (SSSR count). The van der Waals surface area contributed by atoms with Crippen LogP contribution in [-0.4, -0.2) is 33.3 Å². The van der Waals surface area contributed by atoms with Gasteiger partial charge >= 0.3 is 0 Å². The lowest BCUT2D eigenvalue weighted by Gasteiger charge is -2.46. The molecule has 0 atom stereocenters. The monoisotopic (exact) mass is 398 g/mol. The second-order valence-electron chi connectivity index (χ2n) is 7.80. The molecule has 1 aromatic rings. The maximum Gasteiger partial charge on any atom is 0.266 e. The number of hydrogen-bond acceptors (Lipinski definition) is 4. The molecule has 0 unspecified atom stereocenters. The zero-order chi connectivity index (χ0) is 19.9. The van der Waals surface area contributed by atoms with Crippen LogP contribution in [0.15, 0.2) is 41.8 Å². The van der Waals surface area contributed by atoms with Crippen LogP contribution in [0, 0.1) is 0 Å². The van der Waals surface area contributed by atoms with Crippen LogP contribution in [0.3, 0.4) is 0 Å².